The number of hydrogen-bond acceptors (Lipinski definition) is 4. The zero-order valence-electron chi connectivity index (χ0n) is 11.6. The number of furan rings is 1. The number of aryl methyl sites for hydroxylation is 1. The Morgan fingerprint density at radius 3 is 2.42 bits per heavy atom. The van der Waals surface area contributed by atoms with Crippen molar-refractivity contribution in [1.29, 1.82) is 0 Å². The van der Waals surface area contributed by atoms with E-state index in [0.717, 1.165) is 12.5 Å². The van der Waals surface area contributed by atoms with Crippen LogP contribution in [0.2, 0.25) is 0 Å². The summed E-state index contributed by atoms with van der Waals surface area (Å²) < 4.78 is 27.7. The van der Waals surface area contributed by atoms with Crippen LogP contribution in [0, 0.1) is 12.8 Å². The first kappa shape index (κ1) is 15.7. The Balaban J connectivity index is 2.96. The van der Waals surface area contributed by atoms with E-state index in [1.54, 1.807) is 0 Å². The molecule has 0 aromatic carbocycles. The van der Waals surface area contributed by atoms with Crippen LogP contribution >= 0.6 is 0 Å². The highest BCUT2D eigenvalue weighted by molar-refractivity contribution is 7.89. The molecule has 0 aliphatic carbocycles. The summed E-state index contributed by atoms with van der Waals surface area (Å²) in [5.41, 5.74) is 0. The van der Waals surface area contributed by atoms with Crippen molar-refractivity contribution in [3.8, 4) is 0 Å². The molecule has 0 radical (unpaired) electrons. The largest absolute Gasteiger partial charge is 0.455 e. The number of amides is 1. The normalized spacial score (nSPS) is 13.6. The highest BCUT2D eigenvalue weighted by atomic mass is 32.2. The third-order valence-electron chi connectivity index (χ3n) is 2.96. The SMILES string of the molecule is CCC(NC(=O)c1cc(S(N)(=O)=O)c(C)o1)C(C)C. The lowest BCUT2D eigenvalue weighted by Gasteiger charge is -2.19. The van der Waals surface area contributed by atoms with Gasteiger partial charge in [0.1, 0.15) is 10.7 Å². The average molecular weight is 288 g/mol. The van der Waals surface area contributed by atoms with Gasteiger partial charge in [0.25, 0.3) is 5.91 Å². The summed E-state index contributed by atoms with van der Waals surface area (Å²) >= 11 is 0. The molecule has 7 heteroatoms. The van der Waals surface area contributed by atoms with Gasteiger partial charge in [-0.05, 0) is 19.3 Å². The maximum Gasteiger partial charge on any atom is 0.287 e. The molecule has 19 heavy (non-hydrogen) atoms. The number of nitrogens with one attached hydrogen (secondary N) is 1. The van der Waals surface area contributed by atoms with Crippen LogP contribution in [0.25, 0.3) is 0 Å². The Bertz CT molecular complexity index is 560. The summed E-state index contributed by atoms with van der Waals surface area (Å²) in [6.07, 6.45) is 0.783. The second-order valence-electron chi connectivity index (χ2n) is 4.81. The van der Waals surface area contributed by atoms with Gasteiger partial charge in [-0.15, -0.1) is 0 Å². The fourth-order valence-corrected chi connectivity index (χ4v) is 2.55. The third-order valence-corrected chi connectivity index (χ3v) is 3.98. The predicted octanol–water partition coefficient (Wildman–Crippen LogP) is 1.40. The van der Waals surface area contributed by atoms with Crippen molar-refractivity contribution in [2.45, 2.75) is 45.1 Å². The minimum Gasteiger partial charge on any atom is -0.455 e. The van der Waals surface area contributed by atoms with Gasteiger partial charge in [0.2, 0.25) is 10.0 Å². The number of primary sulfonamides is 1. The zero-order chi connectivity index (χ0) is 14.8. The highest BCUT2D eigenvalue weighted by Crippen LogP contribution is 2.19. The first-order chi connectivity index (χ1) is 8.66. The first-order valence-corrected chi connectivity index (χ1v) is 7.65. The number of nitrogens with two attached hydrogens (primary N) is 1. The van der Waals surface area contributed by atoms with Crippen LogP contribution in [-0.4, -0.2) is 20.4 Å². The summed E-state index contributed by atoms with van der Waals surface area (Å²) in [6.45, 7) is 7.42. The second kappa shape index (κ2) is 5.75. The highest BCUT2D eigenvalue weighted by Gasteiger charge is 2.23. The topological polar surface area (TPSA) is 102 Å². The van der Waals surface area contributed by atoms with E-state index < -0.39 is 15.9 Å². The monoisotopic (exact) mass is 288 g/mol. The van der Waals surface area contributed by atoms with E-state index in [1.165, 1.54) is 6.92 Å². The molecule has 1 heterocycles. The number of carbonyl (C=O) groups is 1. The van der Waals surface area contributed by atoms with Crippen molar-refractivity contribution in [2.24, 2.45) is 11.1 Å². The van der Waals surface area contributed by atoms with Crippen LogP contribution in [0.15, 0.2) is 15.4 Å². The molecular formula is C12H20N2O4S. The minimum absolute atomic E-state index is 0.0100. The van der Waals surface area contributed by atoms with Crippen molar-refractivity contribution >= 4 is 15.9 Å². The second-order valence-corrected chi connectivity index (χ2v) is 6.34. The quantitative estimate of drug-likeness (QED) is 0.854. The maximum atomic E-state index is 12.0. The molecule has 1 atom stereocenters. The maximum absolute atomic E-state index is 12.0. The number of carbonyl (C=O) groups excluding carboxylic acids is 1. The van der Waals surface area contributed by atoms with Gasteiger partial charge in [-0.1, -0.05) is 20.8 Å². The van der Waals surface area contributed by atoms with Crippen LogP contribution in [0.1, 0.15) is 43.5 Å². The summed E-state index contributed by atoms with van der Waals surface area (Å²) in [4.78, 5) is 11.8. The Kier molecular flexibility index (Phi) is 4.75. The Hall–Kier alpha value is -1.34. The molecule has 6 nitrogen and oxygen atoms in total. The zero-order valence-corrected chi connectivity index (χ0v) is 12.4. The molecule has 0 saturated heterocycles. The molecule has 0 fully saturated rings. The van der Waals surface area contributed by atoms with Crippen LogP contribution in [-0.2, 0) is 10.0 Å². The van der Waals surface area contributed by atoms with Crippen molar-refractivity contribution in [2.75, 3.05) is 0 Å². The average Bonchev–Trinajstić information content (AvgIpc) is 2.67. The predicted molar refractivity (Wildman–Crippen MR) is 71.2 cm³/mol. The summed E-state index contributed by atoms with van der Waals surface area (Å²) in [5, 5.41) is 7.83. The molecule has 1 unspecified atom stereocenters. The molecule has 1 aromatic rings. The smallest absolute Gasteiger partial charge is 0.287 e. The number of hydrogen-bond donors (Lipinski definition) is 2. The molecule has 0 aliphatic rings. The fourth-order valence-electron chi connectivity index (χ4n) is 1.84. The van der Waals surface area contributed by atoms with Gasteiger partial charge < -0.3 is 9.73 Å². The van der Waals surface area contributed by atoms with E-state index in [-0.39, 0.29) is 28.4 Å². The van der Waals surface area contributed by atoms with Gasteiger partial charge >= 0.3 is 0 Å². The van der Waals surface area contributed by atoms with E-state index in [9.17, 15) is 13.2 Å². The van der Waals surface area contributed by atoms with E-state index in [4.69, 9.17) is 9.56 Å². The molecule has 0 saturated carbocycles. The van der Waals surface area contributed by atoms with Gasteiger partial charge in [-0.2, -0.15) is 0 Å². The van der Waals surface area contributed by atoms with Crippen LogP contribution < -0.4 is 10.5 Å². The van der Waals surface area contributed by atoms with E-state index in [0.29, 0.717) is 0 Å². The summed E-state index contributed by atoms with van der Waals surface area (Å²) in [7, 11) is -3.87. The Labute approximate surface area is 113 Å². The fraction of sp³-hybridized carbons (Fsp3) is 0.583. The molecular weight excluding hydrogens is 268 g/mol. The van der Waals surface area contributed by atoms with Gasteiger partial charge in [0.15, 0.2) is 5.76 Å². The third kappa shape index (κ3) is 3.81. The van der Waals surface area contributed by atoms with Gasteiger partial charge in [0, 0.05) is 12.1 Å². The molecule has 0 bridgehead atoms. The Morgan fingerprint density at radius 1 is 1.47 bits per heavy atom. The molecule has 1 amide bonds. The van der Waals surface area contributed by atoms with E-state index in [1.807, 2.05) is 20.8 Å². The Morgan fingerprint density at radius 2 is 2.05 bits per heavy atom. The van der Waals surface area contributed by atoms with Gasteiger partial charge in [-0.25, -0.2) is 13.6 Å². The lowest BCUT2D eigenvalue weighted by Crippen LogP contribution is -2.37. The molecule has 108 valence electrons. The van der Waals surface area contributed by atoms with Gasteiger partial charge in [0.05, 0.1) is 0 Å². The molecule has 3 N–H and O–H groups in total. The standard InChI is InChI=1S/C12H20N2O4S/c1-5-9(7(2)3)14-12(15)10-6-11(8(4)18-10)19(13,16)17/h6-7,9H,5H2,1-4H3,(H,14,15)(H2,13,16,17). The molecule has 1 rings (SSSR count). The minimum atomic E-state index is -3.87. The number of rotatable bonds is 5. The van der Waals surface area contributed by atoms with E-state index >= 15 is 0 Å². The van der Waals surface area contributed by atoms with Crippen molar-refractivity contribution < 1.29 is 17.6 Å². The first-order valence-electron chi connectivity index (χ1n) is 6.10. The van der Waals surface area contributed by atoms with Crippen molar-refractivity contribution in [1.82, 2.24) is 5.32 Å². The molecule has 1 aromatic heterocycles. The van der Waals surface area contributed by atoms with Gasteiger partial charge in [-0.3, -0.25) is 4.79 Å². The van der Waals surface area contributed by atoms with Crippen LogP contribution in [0.4, 0.5) is 0 Å². The lowest BCUT2D eigenvalue weighted by molar-refractivity contribution is 0.0895. The van der Waals surface area contributed by atoms with E-state index in [2.05, 4.69) is 5.32 Å². The summed E-state index contributed by atoms with van der Waals surface area (Å²) in [6, 6.07) is 1.17. The molecule has 0 aliphatic heterocycles. The summed E-state index contributed by atoms with van der Waals surface area (Å²) in [5.74, 6) is -0.0767. The van der Waals surface area contributed by atoms with Crippen LogP contribution in [0.3, 0.4) is 0 Å². The van der Waals surface area contributed by atoms with Crippen molar-refractivity contribution in [3.05, 3.63) is 17.6 Å². The molecule has 0 spiro atoms. The van der Waals surface area contributed by atoms with Crippen molar-refractivity contribution in [3.63, 3.8) is 0 Å². The van der Waals surface area contributed by atoms with Crippen LogP contribution in [0.5, 0.6) is 0 Å². The number of sulfonamides is 1. The lowest BCUT2D eigenvalue weighted by atomic mass is 10.0.